The molecule has 0 spiro atoms. The molecule has 0 aromatic heterocycles. The highest BCUT2D eigenvalue weighted by Gasteiger charge is 2.35. The normalized spacial score (nSPS) is 29.6. The van der Waals surface area contributed by atoms with Crippen LogP contribution >= 0.6 is 0 Å². The van der Waals surface area contributed by atoms with Crippen molar-refractivity contribution in [2.75, 3.05) is 0 Å². The quantitative estimate of drug-likeness (QED) is 0.737. The van der Waals surface area contributed by atoms with Gasteiger partial charge in [-0.2, -0.15) is 0 Å². The highest BCUT2D eigenvalue weighted by atomic mass is 19.1. The SMILES string of the molecule is Fc1ccc(CN2[C@@H]3CCC[C@H]2CC3)cc1. The van der Waals surface area contributed by atoms with Crippen molar-refractivity contribution in [2.24, 2.45) is 0 Å². The molecule has 2 heteroatoms. The van der Waals surface area contributed by atoms with Gasteiger partial charge >= 0.3 is 0 Å². The predicted molar refractivity (Wildman–Crippen MR) is 62.6 cm³/mol. The van der Waals surface area contributed by atoms with E-state index in [4.69, 9.17) is 0 Å². The largest absolute Gasteiger partial charge is 0.293 e. The van der Waals surface area contributed by atoms with E-state index in [2.05, 4.69) is 4.90 Å². The summed E-state index contributed by atoms with van der Waals surface area (Å²) in [6.45, 7) is 1.01. The fourth-order valence-corrected chi connectivity index (χ4v) is 3.28. The second kappa shape index (κ2) is 4.17. The van der Waals surface area contributed by atoms with Crippen LogP contribution in [0.3, 0.4) is 0 Å². The molecule has 1 aromatic rings. The van der Waals surface area contributed by atoms with E-state index in [1.54, 1.807) is 12.1 Å². The second-order valence-electron chi connectivity index (χ2n) is 5.11. The van der Waals surface area contributed by atoms with Crippen LogP contribution in [0.15, 0.2) is 24.3 Å². The fourth-order valence-electron chi connectivity index (χ4n) is 3.28. The van der Waals surface area contributed by atoms with Gasteiger partial charge in [-0.1, -0.05) is 18.6 Å². The molecule has 2 heterocycles. The van der Waals surface area contributed by atoms with Gasteiger partial charge in [0.05, 0.1) is 0 Å². The topological polar surface area (TPSA) is 3.24 Å². The first-order valence-electron chi connectivity index (χ1n) is 6.33. The maximum absolute atomic E-state index is 12.8. The second-order valence-corrected chi connectivity index (χ2v) is 5.11. The van der Waals surface area contributed by atoms with Gasteiger partial charge in [-0.3, -0.25) is 4.90 Å². The van der Waals surface area contributed by atoms with Crippen molar-refractivity contribution in [1.82, 2.24) is 4.90 Å². The van der Waals surface area contributed by atoms with E-state index >= 15 is 0 Å². The summed E-state index contributed by atoms with van der Waals surface area (Å²) >= 11 is 0. The van der Waals surface area contributed by atoms with Crippen LogP contribution in [-0.4, -0.2) is 17.0 Å². The van der Waals surface area contributed by atoms with Crippen LogP contribution in [0.4, 0.5) is 4.39 Å². The Morgan fingerprint density at radius 2 is 1.62 bits per heavy atom. The molecule has 86 valence electrons. The smallest absolute Gasteiger partial charge is 0.123 e. The van der Waals surface area contributed by atoms with Crippen LogP contribution in [-0.2, 0) is 6.54 Å². The monoisotopic (exact) mass is 219 g/mol. The van der Waals surface area contributed by atoms with Crippen LogP contribution in [0.2, 0.25) is 0 Å². The van der Waals surface area contributed by atoms with E-state index in [-0.39, 0.29) is 5.82 Å². The number of piperidine rings is 1. The molecule has 2 aliphatic heterocycles. The van der Waals surface area contributed by atoms with E-state index in [1.165, 1.54) is 37.7 Å². The number of benzene rings is 1. The van der Waals surface area contributed by atoms with Gasteiger partial charge < -0.3 is 0 Å². The summed E-state index contributed by atoms with van der Waals surface area (Å²) < 4.78 is 12.8. The average Bonchev–Trinajstić information content (AvgIpc) is 2.52. The van der Waals surface area contributed by atoms with E-state index in [1.807, 2.05) is 12.1 Å². The molecule has 1 nitrogen and oxygen atoms in total. The van der Waals surface area contributed by atoms with Gasteiger partial charge in [0, 0.05) is 18.6 Å². The van der Waals surface area contributed by atoms with Gasteiger partial charge in [0.15, 0.2) is 0 Å². The minimum absolute atomic E-state index is 0.134. The van der Waals surface area contributed by atoms with E-state index < -0.39 is 0 Å². The van der Waals surface area contributed by atoms with E-state index in [9.17, 15) is 4.39 Å². The molecule has 2 saturated heterocycles. The summed E-state index contributed by atoms with van der Waals surface area (Å²) in [5, 5.41) is 0. The molecule has 1 aromatic carbocycles. The first-order valence-corrected chi connectivity index (χ1v) is 6.33. The Kier molecular flexibility index (Phi) is 2.68. The van der Waals surface area contributed by atoms with Gasteiger partial charge in [-0.25, -0.2) is 4.39 Å². The molecule has 3 rings (SSSR count). The lowest BCUT2D eigenvalue weighted by atomic mass is 10.0. The predicted octanol–water partition coefficient (Wildman–Crippen LogP) is 3.34. The first kappa shape index (κ1) is 10.3. The van der Waals surface area contributed by atoms with Crippen molar-refractivity contribution in [2.45, 2.75) is 50.7 Å². The van der Waals surface area contributed by atoms with Crippen molar-refractivity contribution >= 4 is 0 Å². The Labute approximate surface area is 96.3 Å². The molecule has 0 amide bonds. The van der Waals surface area contributed by atoms with Crippen LogP contribution in [0.1, 0.15) is 37.7 Å². The lowest BCUT2D eigenvalue weighted by Gasteiger charge is -2.34. The number of rotatable bonds is 2. The summed E-state index contributed by atoms with van der Waals surface area (Å²) in [5.41, 5.74) is 1.25. The minimum atomic E-state index is -0.134. The molecule has 2 bridgehead atoms. The number of nitrogens with zero attached hydrogens (tertiary/aromatic N) is 1. The lowest BCUT2D eigenvalue weighted by molar-refractivity contribution is 0.132. The Balaban J connectivity index is 1.72. The highest BCUT2D eigenvalue weighted by Crippen LogP contribution is 2.36. The molecule has 0 aliphatic carbocycles. The van der Waals surface area contributed by atoms with Crippen LogP contribution in [0.25, 0.3) is 0 Å². The first-order chi connectivity index (χ1) is 7.83. The van der Waals surface area contributed by atoms with Gasteiger partial charge in [-0.05, 0) is 43.4 Å². The summed E-state index contributed by atoms with van der Waals surface area (Å²) in [6, 6.07) is 8.57. The third-order valence-corrected chi connectivity index (χ3v) is 4.12. The van der Waals surface area contributed by atoms with E-state index in [0.29, 0.717) is 0 Å². The lowest BCUT2D eigenvalue weighted by Crippen LogP contribution is -2.38. The Hall–Kier alpha value is -0.890. The molecule has 0 unspecified atom stereocenters. The van der Waals surface area contributed by atoms with Gasteiger partial charge in [0.25, 0.3) is 0 Å². The maximum Gasteiger partial charge on any atom is 0.123 e. The van der Waals surface area contributed by atoms with Gasteiger partial charge in [-0.15, -0.1) is 0 Å². The summed E-state index contributed by atoms with van der Waals surface area (Å²) in [7, 11) is 0. The zero-order valence-corrected chi connectivity index (χ0v) is 9.53. The molecular weight excluding hydrogens is 201 g/mol. The van der Waals surface area contributed by atoms with Crippen LogP contribution in [0, 0.1) is 5.82 Å². The standard InChI is InChI=1S/C14H18FN/c15-12-6-4-11(5-7-12)10-16-13-2-1-3-14(16)9-8-13/h4-7,13-14H,1-3,8-10H2/t13-,14+. The van der Waals surface area contributed by atoms with Crippen molar-refractivity contribution in [3.63, 3.8) is 0 Å². The minimum Gasteiger partial charge on any atom is -0.293 e. The third kappa shape index (κ3) is 1.86. The molecule has 0 saturated carbocycles. The van der Waals surface area contributed by atoms with Crippen molar-refractivity contribution in [3.8, 4) is 0 Å². The Bertz CT molecular complexity index is 344. The maximum atomic E-state index is 12.8. The highest BCUT2D eigenvalue weighted by molar-refractivity contribution is 5.16. The molecule has 16 heavy (non-hydrogen) atoms. The number of fused-ring (bicyclic) bond motifs is 2. The van der Waals surface area contributed by atoms with Gasteiger partial charge in [0.2, 0.25) is 0 Å². The fraction of sp³-hybridized carbons (Fsp3) is 0.571. The molecule has 0 N–H and O–H groups in total. The molecule has 2 atom stereocenters. The summed E-state index contributed by atoms with van der Waals surface area (Å²) in [5.74, 6) is -0.134. The number of hydrogen-bond acceptors (Lipinski definition) is 1. The van der Waals surface area contributed by atoms with Crippen molar-refractivity contribution < 1.29 is 4.39 Å². The third-order valence-electron chi connectivity index (χ3n) is 4.12. The number of hydrogen-bond donors (Lipinski definition) is 0. The molecule has 2 fully saturated rings. The zero-order valence-electron chi connectivity index (χ0n) is 9.53. The molecular formula is C14H18FN. The summed E-state index contributed by atoms with van der Waals surface area (Å²) in [4.78, 5) is 2.64. The van der Waals surface area contributed by atoms with Crippen LogP contribution < -0.4 is 0 Å². The number of halogens is 1. The van der Waals surface area contributed by atoms with Crippen molar-refractivity contribution in [1.29, 1.82) is 0 Å². The van der Waals surface area contributed by atoms with Gasteiger partial charge in [0.1, 0.15) is 5.82 Å². The van der Waals surface area contributed by atoms with Crippen LogP contribution in [0.5, 0.6) is 0 Å². The zero-order chi connectivity index (χ0) is 11.0. The molecule has 2 aliphatic rings. The Morgan fingerprint density at radius 3 is 2.25 bits per heavy atom. The average molecular weight is 219 g/mol. The van der Waals surface area contributed by atoms with E-state index in [0.717, 1.165) is 18.6 Å². The Morgan fingerprint density at radius 1 is 1.00 bits per heavy atom. The van der Waals surface area contributed by atoms with Crippen molar-refractivity contribution in [3.05, 3.63) is 35.6 Å². The molecule has 0 radical (unpaired) electrons. The summed E-state index contributed by atoms with van der Waals surface area (Å²) in [6.07, 6.45) is 6.85.